The molecule has 0 atom stereocenters. The molecular weight excluding hydrogens is 764 g/mol. The Morgan fingerprint density at radius 3 is 2.20 bits per heavy atom. The third-order valence-corrected chi connectivity index (χ3v) is 9.39. The topological polar surface area (TPSA) is 24.3 Å². The van der Waals surface area contributed by atoms with Crippen LogP contribution < -0.4 is 9.80 Å². The van der Waals surface area contributed by atoms with Crippen molar-refractivity contribution in [3.8, 4) is 5.82 Å². The van der Waals surface area contributed by atoms with Crippen molar-refractivity contribution in [2.75, 3.05) is 16.5 Å². The van der Waals surface area contributed by atoms with Crippen LogP contribution in [-0.2, 0) is 26.5 Å². The maximum atomic E-state index is 4.83. The Bertz CT molecular complexity index is 2180. The first kappa shape index (κ1) is 30.3. The van der Waals surface area contributed by atoms with Crippen molar-refractivity contribution in [3.05, 3.63) is 145 Å². The normalized spacial score (nSPS) is 12.8. The van der Waals surface area contributed by atoms with Gasteiger partial charge in [-0.05, 0) is 58.8 Å². The summed E-state index contributed by atoms with van der Waals surface area (Å²) in [5, 5.41) is 2.37. The number of nitrogens with zero attached hydrogens (tertiary/aromatic N) is 4. The first-order valence-electron chi connectivity index (χ1n) is 15.3. The van der Waals surface area contributed by atoms with E-state index in [4.69, 9.17) is 4.98 Å². The molecule has 0 spiro atoms. The van der Waals surface area contributed by atoms with Gasteiger partial charge in [-0.1, -0.05) is 80.5 Å². The Morgan fingerprint density at radius 2 is 1.39 bits per heavy atom. The molecule has 1 aliphatic rings. The second-order valence-electron chi connectivity index (χ2n) is 12.4. The first-order valence-corrected chi connectivity index (χ1v) is 16.1. The minimum absolute atomic E-state index is 0. The molecule has 2 aromatic heterocycles. The molecule has 0 N–H and O–H groups in total. The van der Waals surface area contributed by atoms with Gasteiger partial charge in [0.2, 0.25) is 0 Å². The van der Waals surface area contributed by atoms with Gasteiger partial charge in [0.05, 0.1) is 18.0 Å². The Hall–Kier alpha value is -4.31. The van der Waals surface area contributed by atoms with Gasteiger partial charge in [-0.2, -0.15) is 24.3 Å². The molecule has 1 aliphatic heterocycles. The molecule has 0 bridgehead atoms. The quantitative estimate of drug-likeness (QED) is 0.162. The van der Waals surface area contributed by atoms with Crippen molar-refractivity contribution in [2.24, 2.45) is 0 Å². The molecule has 228 valence electrons. The number of anilines is 4. The average molecular weight is 796 g/mol. The van der Waals surface area contributed by atoms with Crippen LogP contribution in [-0.4, -0.2) is 16.2 Å². The van der Waals surface area contributed by atoms with Crippen molar-refractivity contribution in [1.29, 1.82) is 0 Å². The third kappa shape index (κ3) is 5.42. The molecule has 0 unspecified atom stereocenters. The van der Waals surface area contributed by atoms with E-state index in [-0.39, 0.29) is 26.5 Å². The molecule has 6 heteroatoms. The van der Waals surface area contributed by atoms with E-state index in [0.29, 0.717) is 0 Å². The maximum Gasteiger partial charge on any atom is 2.00 e. The molecule has 0 saturated heterocycles. The van der Waals surface area contributed by atoms with Crippen molar-refractivity contribution < 1.29 is 21.1 Å². The van der Waals surface area contributed by atoms with E-state index >= 15 is 0 Å². The van der Waals surface area contributed by atoms with Gasteiger partial charge >= 0.3 is 21.1 Å². The molecule has 4 nitrogen and oxygen atoms in total. The molecular formula is C40H32N4PtS. The van der Waals surface area contributed by atoms with E-state index in [2.05, 4.69) is 169 Å². The molecule has 3 heterocycles. The fourth-order valence-electron chi connectivity index (χ4n) is 6.20. The minimum atomic E-state index is 0. The second kappa shape index (κ2) is 12.1. The zero-order chi connectivity index (χ0) is 30.5. The maximum absolute atomic E-state index is 4.83. The van der Waals surface area contributed by atoms with Crippen molar-refractivity contribution in [1.82, 2.24) is 9.55 Å². The summed E-state index contributed by atoms with van der Waals surface area (Å²) in [5.74, 6) is 0.913. The van der Waals surface area contributed by atoms with E-state index in [9.17, 15) is 0 Å². The van der Waals surface area contributed by atoms with Crippen LogP contribution in [0.25, 0.3) is 27.6 Å². The Morgan fingerprint density at radius 1 is 0.674 bits per heavy atom. The van der Waals surface area contributed by atoms with Crippen molar-refractivity contribution in [2.45, 2.75) is 36.0 Å². The van der Waals surface area contributed by atoms with Gasteiger partial charge in [-0.3, -0.25) is 0 Å². The van der Waals surface area contributed by atoms with E-state index in [1.54, 1.807) is 11.8 Å². The zero-order valence-electron chi connectivity index (χ0n) is 25.8. The summed E-state index contributed by atoms with van der Waals surface area (Å²) in [6.07, 6.45) is 1.92. The monoisotopic (exact) mass is 795 g/mol. The van der Waals surface area contributed by atoms with Gasteiger partial charge in [-0.25, -0.2) is 4.98 Å². The second-order valence-corrected chi connectivity index (χ2v) is 13.5. The summed E-state index contributed by atoms with van der Waals surface area (Å²) in [4.78, 5) is 11.6. The van der Waals surface area contributed by atoms with Gasteiger partial charge in [0.25, 0.3) is 0 Å². The van der Waals surface area contributed by atoms with E-state index in [1.165, 1.54) is 33.4 Å². The summed E-state index contributed by atoms with van der Waals surface area (Å²) >= 11 is 1.69. The van der Waals surface area contributed by atoms with Crippen LogP contribution in [0.5, 0.6) is 0 Å². The van der Waals surface area contributed by atoms with Crippen LogP contribution in [0, 0.1) is 12.1 Å². The van der Waals surface area contributed by atoms with Gasteiger partial charge in [0.1, 0.15) is 5.82 Å². The predicted octanol–water partition coefficient (Wildman–Crippen LogP) is 10.5. The fourth-order valence-corrected chi connectivity index (χ4v) is 7.02. The zero-order valence-corrected chi connectivity index (χ0v) is 28.9. The SMILES string of the molecule is CC(C)(C)c1ccnc(-n2c3[c-]c(Sc4[c-]c(N5CN(c6ccccc6)c6ccccc65)ccc4)ccc3c3ccccc32)c1.[Pt+2]. The molecule has 46 heavy (non-hydrogen) atoms. The van der Waals surface area contributed by atoms with E-state index in [1.807, 2.05) is 6.20 Å². The third-order valence-electron chi connectivity index (χ3n) is 8.48. The van der Waals surface area contributed by atoms with Crippen LogP contribution in [0.4, 0.5) is 22.7 Å². The number of hydrogen-bond acceptors (Lipinski definition) is 4. The standard InChI is InChI=1S/C40H32N4S.Pt/c1-40(2,3)28-22-23-41-39(24-28)44-35-17-8-7-16-33(35)34-21-20-32(26-38(34)44)45-31-15-11-14-30(25-31)43-27-42(29-12-5-4-6-13-29)36-18-9-10-19-37(36)43;/h4-24H,27H2,1-3H3;/q-2;+2. The van der Waals surface area contributed by atoms with Crippen LogP contribution in [0.3, 0.4) is 0 Å². The Kier molecular flexibility index (Phi) is 8.00. The van der Waals surface area contributed by atoms with E-state index < -0.39 is 0 Å². The minimum Gasteiger partial charge on any atom is -0.345 e. The van der Waals surface area contributed by atoms with Gasteiger partial charge in [0.15, 0.2) is 0 Å². The summed E-state index contributed by atoms with van der Waals surface area (Å²) in [6.45, 7) is 7.45. The molecule has 7 aromatic rings. The molecule has 0 amide bonds. The molecule has 8 rings (SSSR count). The fraction of sp³-hybridized carbons (Fsp3) is 0.125. The Balaban J connectivity index is 0.00000338. The summed E-state index contributed by atoms with van der Waals surface area (Å²) in [5.41, 5.74) is 8.05. The first-order chi connectivity index (χ1) is 21.9. The number of hydrogen-bond donors (Lipinski definition) is 0. The number of rotatable bonds is 5. The predicted molar refractivity (Wildman–Crippen MR) is 188 cm³/mol. The van der Waals surface area contributed by atoms with Crippen LogP contribution in [0.1, 0.15) is 26.3 Å². The number of pyridine rings is 1. The van der Waals surface area contributed by atoms with Crippen molar-refractivity contribution in [3.63, 3.8) is 0 Å². The number of benzene rings is 5. The van der Waals surface area contributed by atoms with E-state index in [0.717, 1.165) is 39.0 Å². The molecule has 0 aliphatic carbocycles. The number of fused-ring (bicyclic) bond motifs is 4. The van der Waals surface area contributed by atoms with Crippen LogP contribution in [0.15, 0.2) is 137 Å². The summed E-state index contributed by atoms with van der Waals surface area (Å²) < 4.78 is 2.25. The Labute approximate surface area is 289 Å². The molecule has 0 fully saturated rings. The van der Waals surface area contributed by atoms with Crippen LogP contribution in [0.2, 0.25) is 0 Å². The summed E-state index contributed by atoms with van der Waals surface area (Å²) in [6, 6.07) is 50.3. The van der Waals surface area contributed by atoms with Gasteiger partial charge in [-0.15, -0.1) is 45.1 Å². The average Bonchev–Trinajstić information content (AvgIpc) is 3.61. The number of aromatic nitrogens is 2. The summed E-state index contributed by atoms with van der Waals surface area (Å²) in [7, 11) is 0. The molecule has 0 saturated carbocycles. The smallest absolute Gasteiger partial charge is 0.345 e. The van der Waals surface area contributed by atoms with Gasteiger partial charge < -0.3 is 14.4 Å². The number of para-hydroxylation sites is 4. The van der Waals surface area contributed by atoms with Crippen LogP contribution >= 0.6 is 11.8 Å². The molecule has 5 aromatic carbocycles. The van der Waals surface area contributed by atoms with Gasteiger partial charge in [0, 0.05) is 17.4 Å². The van der Waals surface area contributed by atoms with Crippen molar-refractivity contribution >= 4 is 56.3 Å². The molecule has 0 radical (unpaired) electrons. The largest absolute Gasteiger partial charge is 2.00 e.